The number of fused-ring (bicyclic) bond motifs is 2. The Labute approximate surface area is 167 Å². The summed E-state index contributed by atoms with van der Waals surface area (Å²) in [5.41, 5.74) is 4.77. The highest BCUT2D eigenvalue weighted by Gasteiger charge is 2.27. The van der Waals surface area contributed by atoms with E-state index in [1.807, 2.05) is 32.2 Å². The minimum Gasteiger partial charge on any atom is -0.232 e. The van der Waals surface area contributed by atoms with E-state index in [0.29, 0.717) is 16.8 Å². The molecule has 0 aliphatic carbocycles. The Morgan fingerprint density at radius 1 is 1.14 bits per heavy atom. The molecular weight excluding hydrogens is 368 g/mol. The lowest BCUT2D eigenvalue weighted by Gasteiger charge is -2.21. The van der Waals surface area contributed by atoms with Crippen molar-refractivity contribution in [2.75, 3.05) is 0 Å². The van der Waals surface area contributed by atoms with E-state index in [0.717, 1.165) is 42.4 Å². The molecule has 0 bridgehead atoms. The van der Waals surface area contributed by atoms with Crippen molar-refractivity contribution in [3.05, 3.63) is 41.5 Å². The summed E-state index contributed by atoms with van der Waals surface area (Å²) >= 11 is 0. The number of hydrogen-bond donors (Lipinski definition) is 0. The number of hydrogen-bond acceptors (Lipinski definition) is 5. The summed E-state index contributed by atoms with van der Waals surface area (Å²) in [4.78, 5) is 6.09. The monoisotopic (exact) mass is 387 g/mol. The highest BCUT2D eigenvalue weighted by molar-refractivity contribution is 6.67. The SMILES string of the molecule is Cc1cn2nc(-c3cc(F)c4nn(C5CCB(C#N)CC5)nc4c3)cc(C)c2n1. The number of halogens is 1. The molecule has 4 heterocycles. The normalized spacial score (nSPS) is 15.3. The molecule has 0 radical (unpaired) electrons. The fraction of sp³-hybridized carbons (Fsp3) is 0.350. The van der Waals surface area contributed by atoms with Crippen LogP contribution in [0.5, 0.6) is 0 Å². The van der Waals surface area contributed by atoms with Crippen LogP contribution in [-0.4, -0.2) is 36.3 Å². The average molecular weight is 387 g/mol. The fourth-order valence-electron chi connectivity index (χ4n) is 4.13. The number of nitriles is 1. The second-order valence-electron chi connectivity index (χ2n) is 7.84. The summed E-state index contributed by atoms with van der Waals surface area (Å²) in [6.45, 7) is 3.99. The van der Waals surface area contributed by atoms with Crippen LogP contribution in [0.3, 0.4) is 0 Å². The summed E-state index contributed by atoms with van der Waals surface area (Å²) in [5, 5.41) is 22.6. The molecule has 0 N–H and O–H groups in total. The Morgan fingerprint density at radius 3 is 2.69 bits per heavy atom. The number of aromatic nitrogens is 6. The zero-order valence-corrected chi connectivity index (χ0v) is 16.3. The van der Waals surface area contributed by atoms with Crippen LogP contribution in [0.25, 0.3) is 27.9 Å². The molecule has 0 saturated carbocycles. The van der Waals surface area contributed by atoms with E-state index in [2.05, 4.69) is 26.2 Å². The summed E-state index contributed by atoms with van der Waals surface area (Å²) in [7, 11) is 0. The van der Waals surface area contributed by atoms with Gasteiger partial charge in [0.25, 0.3) is 6.71 Å². The van der Waals surface area contributed by atoms with Gasteiger partial charge in [-0.25, -0.2) is 19.2 Å². The summed E-state index contributed by atoms with van der Waals surface area (Å²) in [6, 6.07) is 5.32. The first kappa shape index (κ1) is 17.8. The number of nitrogens with zero attached hydrogens (tertiary/aromatic N) is 7. The third kappa shape index (κ3) is 3.05. The summed E-state index contributed by atoms with van der Waals surface area (Å²) < 4.78 is 16.6. The summed E-state index contributed by atoms with van der Waals surface area (Å²) in [5.74, 6) is 1.93. The molecule has 1 fully saturated rings. The van der Waals surface area contributed by atoms with Gasteiger partial charge in [-0.05, 0) is 50.5 Å². The first-order valence-corrected chi connectivity index (χ1v) is 9.81. The molecule has 3 aromatic heterocycles. The number of benzene rings is 1. The van der Waals surface area contributed by atoms with Gasteiger partial charge in [0.15, 0.2) is 11.5 Å². The first-order chi connectivity index (χ1) is 14.0. The van der Waals surface area contributed by atoms with E-state index in [-0.39, 0.29) is 18.3 Å². The molecule has 0 atom stereocenters. The van der Waals surface area contributed by atoms with Crippen molar-refractivity contribution in [2.24, 2.45) is 0 Å². The van der Waals surface area contributed by atoms with E-state index >= 15 is 0 Å². The van der Waals surface area contributed by atoms with Crippen molar-refractivity contribution in [3.8, 4) is 17.2 Å². The second-order valence-corrected chi connectivity index (χ2v) is 7.84. The Hall–Kier alpha value is -3.28. The molecule has 0 unspecified atom stereocenters. The van der Waals surface area contributed by atoms with Gasteiger partial charge in [-0.2, -0.15) is 15.0 Å². The number of imidazole rings is 1. The smallest absolute Gasteiger partial charge is 0.232 e. The largest absolute Gasteiger partial charge is 0.268 e. The molecule has 4 aromatic rings. The summed E-state index contributed by atoms with van der Waals surface area (Å²) in [6.07, 6.45) is 5.20. The maximum Gasteiger partial charge on any atom is 0.268 e. The molecule has 1 saturated heterocycles. The van der Waals surface area contributed by atoms with Gasteiger partial charge in [-0.15, -0.1) is 5.10 Å². The predicted octanol–water partition coefficient (Wildman–Crippen LogP) is 3.79. The molecule has 0 amide bonds. The zero-order valence-electron chi connectivity index (χ0n) is 16.3. The Balaban J connectivity index is 1.54. The third-order valence-corrected chi connectivity index (χ3v) is 5.69. The van der Waals surface area contributed by atoms with Crippen molar-refractivity contribution in [2.45, 2.75) is 45.4 Å². The molecule has 9 heteroatoms. The van der Waals surface area contributed by atoms with Crippen molar-refractivity contribution in [1.29, 1.82) is 5.26 Å². The molecular formula is C20H19BFN7. The van der Waals surface area contributed by atoms with Gasteiger partial charge in [0, 0.05) is 11.5 Å². The van der Waals surface area contributed by atoms with Crippen LogP contribution in [0.4, 0.5) is 4.39 Å². The molecule has 1 aliphatic heterocycles. The maximum absolute atomic E-state index is 14.8. The molecule has 1 aromatic carbocycles. The zero-order chi connectivity index (χ0) is 20.1. The van der Waals surface area contributed by atoms with Crippen LogP contribution in [0.2, 0.25) is 12.6 Å². The Morgan fingerprint density at radius 2 is 1.93 bits per heavy atom. The van der Waals surface area contributed by atoms with E-state index in [4.69, 9.17) is 5.26 Å². The second kappa shape index (κ2) is 6.66. The standard InChI is InChI=1S/C20H19BFN7/c1-12-7-17(25-28-10-13(2)24-20(12)28)14-8-16(22)19-18(9-14)26-29(27-19)15-3-5-21(11-23)6-4-15/h7-10,15H,3-6H2,1-2H3. The lowest BCUT2D eigenvalue weighted by Crippen LogP contribution is -2.23. The maximum atomic E-state index is 14.8. The van der Waals surface area contributed by atoms with Gasteiger partial charge < -0.3 is 0 Å². The van der Waals surface area contributed by atoms with Crippen LogP contribution in [0, 0.1) is 30.9 Å². The average Bonchev–Trinajstić information content (AvgIpc) is 3.31. The highest BCUT2D eigenvalue weighted by Crippen LogP contribution is 2.30. The lowest BCUT2D eigenvalue weighted by atomic mass is 9.42. The van der Waals surface area contributed by atoms with E-state index in [9.17, 15) is 4.39 Å². The number of aryl methyl sites for hydroxylation is 2. The van der Waals surface area contributed by atoms with Gasteiger partial charge in [0.2, 0.25) is 0 Å². The van der Waals surface area contributed by atoms with Crippen molar-refractivity contribution >= 4 is 23.4 Å². The van der Waals surface area contributed by atoms with Crippen molar-refractivity contribution in [3.63, 3.8) is 0 Å². The van der Waals surface area contributed by atoms with Gasteiger partial charge in [-0.3, -0.25) is 0 Å². The predicted molar refractivity (Wildman–Crippen MR) is 108 cm³/mol. The van der Waals surface area contributed by atoms with Crippen molar-refractivity contribution in [1.82, 2.24) is 29.6 Å². The quantitative estimate of drug-likeness (QED) is 0.489. The topological polar surface area (TPSA) is 84.7 Å². The van der Waals surface area contributed by atoms with Crippen LogP contribution in [-0.2, 0) is 0 Å². The number of rotatable bonds is 2. The molecule has 29 heavy (non-hydrogen) atoms. The van der Waals surface area contributed by atoms with Crippen LogP contribution in [0.1, 0.15) is 30.1 Å². The van der Waals surface area contributed by atoms with Crippen LogP contribution >= 0.6 is 0 Å². The Kier molecular flexibility index (Phi) is 4.09. The Bertz CT molecular complexity index is 1280. The molecule has 1 aliphatic rings. The van der Waals surface area contributed by atoms with Crippen LogP contribution in [0.15, 0.2) is 24.4 Å². The minimum atomic E-state index is -0.407. The molecule has 5 rings (SSSR count). The highest BCUT2D eigenvalue weighted by atomic mass is 19.1. The van der Waals surface area contributed by atoms with Gasteiger partial charge >= 0.3 is 0 Å². The van der Waals surface area contributed by atoms with Gasteiger partial charge in [-0.1, -0.05) is 12.6 Å². The third-order valence-electron chi connectivity index (χ3n) is 5.69. The van der Waals surface area contributed by atoms with Gasteiger partial charge in [0.05, 0.1) is 23.6 Å². The molecule has 0 spiro atoms. The lowest BCUT2D eigenvalue weighted by molar-refractivity contribution is 0.374. The van der Waals surface area contributed by atoms with Crippen molar-refractivity contribution < 1.29 is 4.39 Å². The minimum absolute atomic E-state index is 0.107. The first-order valence-electron chi connectivity index (χ1n) is 9.81. The molecule has 7 nitrogen and oxygen atoms in total. The van der Waals surface area contributed by atoms with E-state index in [1.54, 1.807) is 9.31 Å². The van der Waals surface area contributed by atoms with Gasteiger partial charge in [0.1, 0.15) is 11.0 Å². The van der Waals surface area contributed by atoms with E-state index < -0.39 is 5.82 Å². The molecule has 144 valence electrons. The van der Waals surface area contributed by atoms with E-state index in [1.165, 1.54) is 6.07 Å². The van der Waals surface area contributed by atoms with Crippen LogP contribution < -0.4 is 0 Å². The fourth-order valence-corrected chi connectivity index (χ4v) is 4.13.